The summed E-state index contributed by atoms with van der Waals surface area (Å²) in [4.78, 5) is 0. The van der Waals surface area contributed by atoms with Gasteiger partial charge in [-0.25, -0.2) is 13.2 Å². The van der Waals surface area contributed by atoms with Crippen LogP contribution in [-0.4, -0.2) is 6.54 Å². The molecule has 0 saturated heterocycles. The van der Waals surface area contributed by atoms with Crippen LogP contribution >= 0.6 is 0 Å². The molecule has 0 amide bonds. The van der Waals surface area contributed by atoms with Crippen LogP contribution in [0.4, 0.5) is 13.2 Å². The monoisotopic (exact) mass is 287 g/mol. The molecule has 1 aromatic carbocycles. The number of nitrogens with one attached hydrogen (secondary N) is 1. The number of hydrogen-bond acceptors (Lipinski definition) is 1. The quantitative estimate of drug-likeness (QED) is 0.765. The van der Waals surface area contributed by atoms with Crippen LogP contribution in [-0.2, 0) is 0 Å². The Labute approximate surface area is 119 Å². The maximum Gasteiger partial charge on any atom is 0.161 e. The van der Waals surface area contributed by atoms with E-state index in [9.17, 15) is 13.2 Å². The Balaban J connectivity index is 3.05. The van der Waals surface area contributed by atoms with Crippen LogP contribution in [0.25, 0.3) is 0 Å². The zero-order valence-electron chi connectivity index (χ0n) is 12.9. The fourth-order valence-electron chi connectivity index (χ4n) is 2.08. The highest BCUT2D eigenvalue weighted by Gasteiger charge is 2.26. The molecule has 1 rings (SSSR count). The van der Waals surface area contributed by atoms with Crippen molar-refractivity contribution in [2.45, 2.75) is 47.1 Å². The summed E-state index contributed by atoms with van der Waals surface area (Å²) in [5, 5.41) is 3.16. The first-order chi connectivity index (χ1) is 9.16. The lowest BCUT2D eigenvalue weighted by Gasteiger charge is -2.31. The van der Waals surface area contributed by atoms with Crippen molar-refractivity contribution < 1.29 is 13.2 Å². The molecule has 0 spiro atoms. The van der Waals surface area contributed by atoms with Gasteiger partial charge in [0.15, 0.2) is 11.6 Å². The third-order valence-corrected chi connectivity index (χ3v) is 3.93. The van der Waals surface area contributed by atoms with Crippen LogP contribution < -0.4 is 5.32 Å². The predicted octanol–water partition coefficient (Wildman–Crippen LogP) is 4.83. The zero-order valence-corrected chi connectivity index (χ0v) is 12.9. The standard InChI is InChI=1S/C16H24F3N/c1-6-20-15(7-10(2)16(3,4)5)11-8-13(18)14(19)9-12(11)17/h8-10,15,20H,6-7H2,1-5H3. The Kier molecular flexibility index (Phi) is 5.63. The molecule has 4 heteroatoms. The van der Waals surface area contributed by atoms with Crippen LogP contribution in [0.1, 0.15) is 52.6 Å². The third kappa shape index (κ3) is 4.23. The van der Waals surface area contributed by atoms with Crippen molar-refractivity contribution in [2.24, 2.45) is 11.3 Å². The van der Waals surface area contributed by atoms with Gasteiger partial charge in [0.05, 0.1) is 0 Å². The second-order valence-electron chi connectivity index (χ2n) is 6.40. The van der Waals surface area contributed by atoms with Crippen molar-refractivity contribution in [1.29, 1.82) is 0 Å². The Bertz CT molecular complexity index is 452. The van der Waals surface area contributed by atoms with Gasteiger partial charge in [-0.2, -0.15) is 0 Å². The van der Waals surface area contributed by atoms with Gasteiger partial charge < -0.3 is 5.32 Å². The van der Waals surface area contributed by atoms with E-state index in [1.807, 2.05) is 6.92 Å². The van der Waals surface area contributed by atoms with Gasteiger partial charge >= 0.3 is 0 Å². The first-order valence-corrected chi connectivity index (χ1v) is 7.04. The van der Waals surface area contributed by atoms with Crippen molar-refractivity contribution in [3.8, 4) is 0 Å². The minimum Gasteiger partial charge on any atom is -0.310 e. The lowest BCUT2D eigenvalue weighted by Crippen LogP contribution is -2.28. The summed E-state index contributed by atoms with van der Waals surface area (Å²) in [5.74, 6) is -2.55. The fraction of sp³-hybridized carbons (Fsp3) is 0.625. The third-order valence-electron chi connectivity index (χ3n) is 3.93. The Morgan fingerprint density at radius 1 is 1.05 bits per heavy atom. The molecule has 1 nitrogen and oxygen atoms in total. The molecular formula is C16H24F3N. The topological polar surface area (TPSA) is 12.0 Å². The highest BCUT2D eigenvalue weighted by atomic mass is 19.2. The van der Waals surface area contributed by atoms with Gasteiger partial charge in [-0.1, -0.05) is 34.6 Å². The van der Waals surface area contributed by atoms with Gasteiger partial charge in [0, 0.05) is 17.7 Å². The van der Waals surface area contributed by atoms with Crippen molar-refractivity contribution in [3.05, 3.63) is 35.1 Å². The Morgan fingerprint density at radius 3 is 2.10 bits per heavy atom. The van der Waals surface area contributed by atoms with Crippen LogP contribution in [0.5, 0.6) is 0 Å². The normalized spacial score (nSPS) is 15.2. The van der Waals surface area contributed by atoms with E-state index in [1.165, 1.54) is 0 Å². The van der Waals surface area contributed by atoms with Crippen molar-refractivity contribution in [3.63, 3.8) is 0 Å². The molecular weight excluding hydrogens is 263 g/mol. The number of hydrogen-bond donors (Lipinski definition) is 1. The van der Waals surface area contributed by atoms with Gasteiger partial charge in [-0.15, -0.1) is 0 Å². The molecule has 114 valence electrons. The molecule has 0 fully saturated rings. The molecule has 0 radical (unpaired) electrons. The van der Waals surface area contributed by atoms with Gasteiger partial charge in [0.1, 0.15) is 5.82 Å². The second-order valence-corrected chi connectivity index (χ2v) is 6.40. The zero-order chi connectivity index (χ0) is 15.5. The summed E-state index contributed by atoms with van der Waals surface area (Å²) in [7, 11) is 0. The van der Waals surface area contributed by atoms with E-state index in [2.05, 4.69) is 33.0 Å². The highest BCUT2D eigenvalue weighted by molar-refractivity contribution is 5.23. The maximum atomic E-state index is 13.9. The van der Waals surface area contributed by atoms with Crippen LogP contribution in [0.15, 0.2) is 12.1 Å². The maximum absolute atomic E-state index is 13.9. The molecule has 0 aliphatic heterocycles. The van der Waals surface area contributed by atoms with Gasteiger partial charge in [-0.3, -0.25) is 0 Å². The molecule has 20 heavy (non-hydrogen) atoms. The summed E-state index contributed by atoms with van der Waals surface area (Å²) in [6, 6.07) is 1.27. The van der Waals surface area contributed by atoms with E-state index in [0.717, 1.165) is 6.07 Å². The number of halogens is 3. The molecule has 2 unspecified atom stereocenters. The van der Waals surface area contributed by atoms with E-state index in [-0.39, 0.29) is 17.0 Å². The average Bonchev–Trinajstić information content (AvgIpc) is 2.32. The lowest BCUT2D eigenvalue weighted by atomic mass is 9.77. The van der Waals surface area contributed by atoms with Crippen molar-refractivity contribution in [2.75, 3.05) is 6.54 Å². The fourth-order valence-corrected chi connectivity index (χ4v) is 2.08. The Hall–Kier alpha value is -1.03. The minimum atomic E-state index is -1.15. The molecule has 1 N–H and O–H groups in total. The molecule has 1 aromatic rings. The van der Waals surface area contributed by atoms with E-state index in [1.54, 1.807) is 0 Å². The minimum absolute atomic E-state index is 0.0721. The summed E-state index contributed by atoms with van der Waals surface area (Å²) >= 11 is 0. The molecule has 0 saturated carbocycles. The van der Waals surface area contributed by atoms with Crippen LogP contribution in [0.3, 0.4) is 0 Å². The molecule has 2 atom stereocenters. The SMILES string of the molecule is CCNC(CC(C)C(C)(C)C)c1cc(F)c(F)cc1F. The number of benzene rings is 1. The van der Waals surface area contributed by atoms with E-state index in [4.69, 9.17) is 0 Å². The first-order valence-electron chi connectivity index (χ1n) is 7.04. The summed E-state index contributed by atoms with van der Waals surface area (Å²) in [5.41, 5.74) is 0.268. The van der Waals surface area contributed by atoms with E-state index >= 15 is 0 Å². The van der Waals surface area contributed by atoms with Crippen molar-refractivity contribution in [1.82, 2.24) is 5.32 Å². The average molecular weight is 287 g/mol. The Morgan fingerprint density at radius 2 is 1.60 bits per heavy atom. The second kappa shape index (κ2) is 6.61. The largest absolute Gasteiger partial charge is 0.310 e. The van der Waals surface area contributed by atoms with E-state index < -0.39 is 17.5 Å². The van der Waals surface area contributed by atoms with Gasteiger partial charge in [-0.05, 0) is 30.4 Å². The summed E-state index contributed by atoms with van der Waals surface area (Å²) < 4.78 is 40.3. The molecule has 0 aromatic heterocycles. The summed E-state index contributed by atoms with van der Waals surface area (Å²) in [6.07, 6.45) is 0.666. The highest BCUT2D eigenvalue weighted by Crippen LogP contribution is 2.34. The lowest BCUT2D eigenvalue weighted by molar-refractivity contribution is 0.222. The smallest absolute Gasteiger partial charge is 0.161 e. The van der Waals surface area contributed by atoms with Gasteiger partial charge in [0.2, 0.25) is 0 Å². The first kappa shape index (κ1) is 17.0. The molecule has 0 heterocycles. The summed E-state index contributed by atoms with van der Waals surface area (Å²) in [6.45, 7) is 11.0. The number of rotatable bonds is 5. The van der Waals surface area contributed by atoms with Crippen LogP contribution in [0.2, 0.25) is 0 Å². The molecule has 0 bridgehead atoms. The molecule has 0 aliphatic rings. The predicted molar refractivity (Wildman–Crippen MR) is 76.0 cm³/mol. The van der Waals surface area contributed by atoms with Crippen LogP contribution in [0, 0.1) is 28.8 Å². The van der Waals surface area contributed by atoms with Crippen molar-refractivity contribution >= 4 is 0 Å². The van der Waals surface area contributed by atoms with Gasteiger partial charge in [0.25, 0.3) is 0 Å². The molecule has 0 aliphatic carbocycles. The van der Waals surface area contributed by atoms with E-state index in [0.29, 0.717) is 24.9 Å².